The van der Waals surface area contributed by atoms with Crippen molar-refractivity contribution in [3.63, 3.8) is 0 Å². The number of carbonyl (C=O) groups excluding carboxylic acids is 1. The number of thiophene rings is 1. The van der Waals surface area contributed by atoms with Crippen LogP contribution in [0.2, 0.25) is 0 Å². The molecule has 2 aromatic rings. The molecule has 0 radical (unpaired) electrons. The molecule has 2 fully saturated rings. The molecule has 1 amide bonds. The first-order valence-corrected chi connectivity index (χ1v) is 9.80. The molecule has 0 spiro atoms. The Balaban J connectivity index is 1.51. The minimum Gasteiger partial charge on any atom is -0.347 e. The number of piperidine rings is 1. The van der Waals surface area contributed by atoms with E-state index in [1.165, 1.54) is 31.4 Å². The second-order valence-electron chi connectivity index (χ2n) is 7.00. The third-order valence-electron chi connectivity index (χ3n) is 5.41. The molecule has 2 atom stereocenters. The van der Waals surface area contributed by atoms with E-state index < -0.39 is 0 Å². The number of nitrogens with zero attached hydrogens (tertiary/aromatic N) is 1. The van der Waals surface area contributed by atoms with Crippen LogP contribution in [0.1, 0.15) is 40.9 Å². The number of fused-ring (bicyclic) bond motifs is 1. The van der Waals surface area contributed by atoms with Gasteiger partial charge < -0.3 is 5.32 Å². The van der Waals surface area contributed by atoms with Crippen LogP contribution in [-0.2, 0) is 0 Å². The van der Waals surface area contributed by atoms with Gasteiger partial charge in [-0.25, -0.2) is 0 Å². The van der Waals surface area contributed by atoms with Crippen molar-refractivity contribution in [1.82, 2.24) is 10.2 Å². The quantitative estimate of drug-likeness (QED) is 0.913. The molecule has 3 nitrogen and oxygen atoms in total. The monoisotopic (exact) mass is 340 g/mol. The fraction of sp³-hybridized carbons (Fsp3) is 0.450. The Kier molecular flexibility index (Phi) is 4.42. The van der Waals surface area contributed by atoms with Gasteiger partial charge in [0.25, 0.3) is 5.91 Å². The third-order valence-corrected chi connectivity index (χ3v) is 6.32. The van der Waals surface area contributed by atoms with Gasteiger partial charge in [-0.05, 0) is 49.7 Å². The van der Waals surface area contributed by atoms with Gasteiger partial charge >= 0.3 is 0 Å². The molecule has 4 rings (SSSR count). The normalized spacial score (nSPS) is 23.9. The van der Waals surface area contributed by atoms with Gasteiger partial charge in [-0.3, -0.25) is 9.69 Å². The zero-order valence-electron chi connectivity index (χ0n) is 14.1. The molecule has 2 aliphatic rings. The van der Waals surface area contributed by atoms with Gasteiger partial charge in [0.15, 0.2) is 0 Å². The minimum atomic E-state index is 0.0954. The summed E-state index contributed by atoms with van der Waals surface area (Å²) in [7, 11) is 0. The molecule has 2 saturated heterocycles. The first kappa shape index (κ1) is 15.9. The molecule has 0 bridgehead atoms. The molecular weight excluding hydrogens is 316 g/mol. The SMILES string of the molecule is Cc1ccc(-c2ccsc2C(=O)N[C@H]2CCN3CCCC[C@H]23)cc1. The van der Waals surface area contributed by atoms with E-state index in [1.54, 1.807) is 11.3 Å². The second-order valence-corrected chi connectivity index (χ2v) is 7.91. The summed E-state index contributed by atoms with van der Waals surface area (Å²) in [6, 6.07) is 11.3. The van der Waals surface area contributed by atoms with Crippen molar-refractivity contribution in [3.05, 3.63) is 46.2 Å². The van der Waals surface area contributed by atoms with E-state index >= 15 is 0 Å². The van der Waals surface area contributed by atoms with Crippen molar-refractivity contribution in [2.24, 2.45) is 0 Å². The average Bonchev–Trinajstić information content (AvgIpc) is 3.23. The molecule has 4 heteroatoms. The molecule has 2 aliphatic heterocycles. The van der Waals surface area contributed by atoms with Crippen LogP contribution in [-0.4, -0.2) is 36.0 Å². The molecule has 0 unspecified atom stereocenters. The summed E-state index contributed by atoms with van der Waals surface area (Å²) in [5.41, 5.74) is 3.41. The predicted octanol–water partition coefficient (Wildman–Crippen LogP) is 4.08. The lowest BCUT2D eigenvalue weighted by molar-refractivity contribution is 0.0920. The molecule has 126 valence electrons. The largest absolute Gasteiger partial charge is 0.347 e. The summed E-state index contributed by atoms with van der Waals surface area (Å²) in [6.45, 7) is 4.41. The van der Waals surface area contributed by atoms with Gasteiger partial charge in [0.2, 0.25) is 0 Å². The minimum absolute atomic E-state index is 0.0954. The topological polar surface area (TPSA) is 32.3 Å². The fourth-order valence-corrected chi connectivity index (χ4v) is 4.91. The Hall–Kier alpha value is -1.65. The van der Waals surface area contributed by atoms with Crippen LogP contribution >= 0.6 is 11.3 Å². The van der Waals surface area contributed by atoms with Crippen LogP contribution in [0.15, 0.2) is 35.7 Å². The Labute approximate surface area is 147 Å². The number of rotatable bonds is 3. The highest BCUT2D eigenvalue weighted by atomic mass is 32.1. The van der Waals surface area contributed by atoms with Crippen molar-refractivity contribution in [2.75, 3.05) is 13.1 Å². The van der Waals surface area contributed by atoms with Crippen molar-refractivity contribution in [3.8, 4) is 11.1 Å². The first-order chi connectivity index (χ1) is 11.7. The number of carbonyl (C=O) groups is 1. The van der Waals surface area contributed by atoms with E-state index in [-0.39, 0.29) is 5.91 Å². The molecule has 3 heterocycles. The second kappa shape index (κ2) is 6.69. The van der Waals surface area contributed by atoms with Crippen LogP contribution in [0, 0.1) is 6.92 Å². The van der Waals surface area contributed by atoms with E-state index in [9.17, 15) is 4.79 Å². The maximum Gasteiger partial charge on any atom is 0.262 e. The molecule has 1 aromatic heterocycles. The van der Waals surface area contributed by atoms with Gasteiger partial charge in [-0.1, -0.05) is 36.2 Å². The highest BCUT2D eigenvalue weighted by Crippen LogP contribution is 2.31. The smallest absolute Gasteiger partial charge is 0.262 e. The summed E-state index contributed by atoms with van der Waals surface area (Å²) in [6.07, 6.45) is 4.91. The number of amides is 1. The van der Waals surface area contributed by atoms with Crippen LogP contribution in [0.4, 0.5) is 0 Å². The molecule has 1 aromatic carbocycles. The number of hydrogen-bond acceptors (Lipinski definition) is 3. The molecule has 1 N–H and O–H groups in total. The predicted molar refractivity (Wildman–Crippen MR) is 99.6 cm³/mol. The third kappa shape index (κ3) is 3.01. The number of nitrogens with one attached hydrogen (secondary N) is 1. The van der Waals surface area contributed by atoms with Crippen LogP contribution in [0.25, 0.3) is 11.1 Å². The summed E-state index contributed by atoms with van der Waals surface area (Å²) < 4.78 is 0. The van der Waals surface area contributed by atoms with Gasteiger partial charge in [-0.2, -0.15) is 0 Å². The van der Waals surface area contributed by atoms with Crippen molar-refractivity contribution in [1.29, 1.82) is 0 Å². The average molecular weight is 340 g/mol. The van der Waals surface area contributed by atoms with Gasteiger partial charge in [0.05, 0.1) is 4.88 Å². The lowest BCUT2D eigenvalue weighted by Gasteiger charge is -2.32. The molecule has 0 aliphatic carbocycles. The van der Waals surface area contributed by atoms with Crippen molar-refractivity contribution < 1.29 is 4.79 Å². The fourth-order valence-electron chi connectivity index (χ4n) is 4.10. The van der Waals surface area contributed by atoms with E-state index in [0.717, 1.165) is 29.0 Å². The van der Waals surface area contributed by atoms with E-state index in [2.05, 4.69) is 47.5 Å². The van der Waals surface area contributed by atoms with Gasteiger partial charge in [0, 0.05) is 24.2 Å². The lowest BCUT2D eigenvalue weighted by atomic mass is 9.98. The molecular formula is C20H24N2OS. The van der Waals surface area contributed by atoms with Crippen molar-refractivity contribution in [2.45, 2.75) is 44.7 Å². The number of hydrogen-bond donors (Lipinski definition) is 1. The van der Waals surface area contributed by atoms with Crippen LogP contribution in [0.3, 0.4) is 0 Å². The standard InChI is InChI=1S/C20H24N2OS/c1-14-5-7-15(8-6-14)16-10-13-24-19(16)20(23)21-17-9-12-22-11-3-2-4-18(17)22/h5-8,10,13,17-18H,2-4,9,11-12H2,1H3,(H,21,23)/t17-,18+/m0/s1. The Morgan fingerprint density at radius 3 is 2.79 bits per heavy atom. The highest BCUT2D eigenvalue weighted by Gasteiger charge is 2.36. The number of benzene rings is 1. The zero-order valence-corrected chi connectivity index (χ0v) is 14.9. The Morgan fingerprint density at radius 1 is 1.12 bits per heavy atom. The van der Waals surface area contributed by atoms with Crippen LogP contribution in [0.5, 0.6) is 0 Å². The molecule has 0 saturated carbocycles. The van der Waals surface area contributed by atoms with Gasteiger partial charge in [0.1, 0.15) is 0 Å². The van der Waals surface area contributed by atoms with E-state index in [4.69, 9.17) is 0 Å². The summed E-state index contributed by atoms with van der Waals surface area (Å²) >= 11 is 1.54. The van der Waals surface area contributed by atoms with E-state index in [1.807, 2.05) is 5.38 Å². The van der Waals surface area contributed by atoms with Gasteiger partial charge in [-0.15, -0.1) is 11.3 Å². The summed E-state index contributed by atoms with van der Waals surface area (Å²) in [4.78, 5) is 16.3. The summed E-state index contributed by atoms with van der Waals surface area (Å²) in [5, 5.41) is 5.35. The highest BCUT2D eigenvalue weighted by molar-refractivity contribution is 7.12. The Morgan fingerprint density at radius 2 is 1.96 bits per heavy atom. The maximum atomic E-state index is 12.9. The number of aryl methyl sites for hydroxylation is 1. The lowest BCUT2D eigenvalue weighted by Crippen LogP contribution is -2.46. The van der Waals surface area contributed by atoms with Crippen molar-refractivity contribution >= 4 is 17.2 Å². The Bertz CT molecular complexity index is 721. The van der Waals surface area contributed by atoms with Crippen LogP contribution < -0.4 is 5.32 Å². The summed E-state index contributed by atoms with van der Waals surface area (Å²) in [5.74, 6) is 0.0954. The maximum absolute atomic E-state index is 12.9. The zero-order chi connectivity index (χ0) is 16.5. The first-order valence-electron chi connectivity index (χ1n) is 8.92. The van der Waals surface area contributed by atoms with E-state index in [0.29, 0.717) is 12.1 Å². The molecule has 24 heavy (non-hydrogen) atoms.